The van der Waals surface area contributed by atoms with Gasteiger partial charge in [0.1, 0.15) is 5.78 Å². The third kappa shape index (κ3) is 14.9. The fourth-order valence-corrected chi connectivity index (χ4v) is 5.45. The molecule has 0 aliphatic carbocycles. The monoisotopic (exact) mass is 606 g/mol. The van der Waals surface area contributed by atoms with Gasteiger partial charge in [-0.3, -0.25) is 9.59 Å². The van der Waals surface area contributed by atoms with Crippen LogP contribution in [0.2, 0.25) is 0 Å². The number of Topliss-reactive ketones (excluding diaryl/α,β-unsaturated/α-hetero) is 1. The summed E-state index contributed by atoms with van der Waals surface area (Å²) in [6, 6.07) is 5.55. The van der Waals surface area contributed by atoms with Gasteiger partial charge >= 0.3 is 0 Å². The number of aliphatic hydroxyl groups is 1. The number of benzene rings is 1. The molecule has 0 heterocycles. The summed E-state index contributed by atoms with van der Waals surface area (Å²) in [7, 11) is 3.31. The maximum Gasteiger partial charge on any atom is 0.223 e. The maximum atomic E-state index is 13.2. The van der Waals surface area contributed by atoms with E-state index in [4.69, 9.17) is 19.9 Å². The molecule has 0 saturated heterocycles. The molecule has 0 bridgehead atoms. The minimum absolute atomic E-state index is 0.0371. The molecular formula is C35H62N2O6. The van der Waals surface area contributed by atoms with Crippen molar-refractivity contribution in [1.29, 1.82) is 0 Å². The highest BCUT2D eigenvalue weighted by Crippen LogP contribution is 2.32. The third-order valence-electron chi connectivity index (χ3n) is 8.18. The molecule has 0 unspecified atom stereocenters. The van der Waals surface area contributed by atoms with Crippen molar-refractivity contribution in [3.8, 4) is 11.5 Å². The molecule has 0 fully saturated rings. The number of rotatable bonds is 22. The molecule has 1 aromatic carbocycles. The van der Waals surface area contributed by atoms with Crippen molar-refractivity contribution >= 4 is 11.7 Å². The lowest BCUT2D eigenvalue weighted by atomic mass is 9.80. The summed E-state index contributed by atoms with van der Waals surface area (Å²) < 4.78 is 16.6. The average Bonchev–Trinajstić information content (AvgIpc) is 2.91. The summed E-state index contributed by atoms with van der Waals surface area (Å²) in [5.74, 6) is 2.09. The smallest absolute Gasteiger partial charge is 0.223 e. The molecule has 0 saturated carbocycles. The van der Waals surface area contributed by atoms with E-state index in [1.807, 2.05) is 53.7 Å². The van der Waals surface area contributed by atoms with Crippen LogP contribution in [0.4, 0.5) is 0 Å². The number of amides is 1. The summed E-state index contributed by atoms with van der Waals surface area (Å²) in [5, 5.41) is 14.2. The Kier molecular flexibility index (Phi) is 17.4. The van der Waals surface area contributed by atoms with E-state index in [0.29, 0.717) is 68.8 Å². The number of nitrogens with two attached hydrogens (primary N) is 1. The molecule has 1 rings (SSSR count). The average molecular weight is 607 g/mol. The van der Waals surface area contributed by atoms with Gasteiger partial charge in [-0.1, -0.05) is 61.5 Å². The quantitative estimate of drug-likeness (QED) is 0.142. The van der Waals surface area contributed by atoms with Crippen molar-refractivity contribution in [1.82, 2.24) is 5.32 Å². The number of carbonyl (C=O) groups excluding carboxylic acids is 2. The summed E-state index contributed by atoms with van der Waals surface area (Å²) in [5.41, 5.74) is 7.38. The van der Waals surface area contributed by atoms with E-state index in [-0.39, 0.29) is 34.9 Å². The molecule has 0 aromatic heterocycles. The SMILES string of the molecule is COCCCOc1cc(C[C@@H](C[C@H](N)[C@@H](O)C[C@H](C(=O)NCC(C)(C)CC(=O)CC(C)C)C(C)C)C(C)C)ccc1OC. The second kappa shape index (κ2) is 19.3. The van der Waals surface area contributed by atoms with Gasteiger partial charge in [-0.15, -0.1) is 0 Å². The van der Waals surface area contributed by atoms with E-state index < -0.39 is 12.1 Å². The first-order chi connectivity index (χ1) is 20.1. The van der Waals surface area contributed by atoms with Crippen molar-refractivity contribution < 1.29 is 28.9 Å². The molecule has 4 N–H and O–H groups in total. The van der Waals surface area contributed by atoms with Gasteiger partial charge in [0.2, 0.25) is 5.91 Å². The lowest BCUT2D eigenvalue weighted by Gasteiger charge is -2.31. The van der Waals surface area contributed by atoms with Gasteiger partial charge in [0.05, 0.1) is 19.8 Å². The van der Waals surface area contributed by atoms with Gasteiger partial charge in [-0.2, -0.15) is 0 Å². The van der Waals surface area contributed by atoms with E-state index in [1.165, 1.54) is 0 Å². The van der Waals surface area contributed by atoms with E-state index in [1.54, 1.807) is 14.2 Å². The Labute approximate surface area is 261 Å². The van der Waals surface area contributed by atoms with Crippen molar-refractivity contribution in [3.63, 3.8) is 0 Å². The zero-order chi connectivity index (χ0) is 32.7. The van der Waals surface area contributed by atoms with E-state index in [0.717, 1.165) is 18.4 Å². The number of hydrogen-bond donors (Lipinski definition) is 3. The minimum atomic E-state index is -0.810. The highest BCUT2D eigenvalue weighted by atomic mass is 16.5. The molecular weight excluding hydrogens is 544 g/mol. The summed E-state index contributed by atoms with van der Waals surface area (Å²) in [6.07, 6.45) is 2.67. The molecule has 8 nitrogen and oxygen atoms in total. The zero-order valence-corrected chi connectivity index (χ0v) is 28.7. The molecule has 0 spiro atoms. The standard InChI is InChI=1S/C35H62N2O6/c1-23(2)16-28(38)21-35(7,8)22-37-34(40)29(25(5)6)20-31(39)30(36)19-27(24(3)4)17-26-12-13-32(42-10)33(18-26)43-15-11-14-41-9/h12-13,18,23-25,27,29-31,39H,11,14-17,19-22,36H2,1-10H3,(H,37,40)/t27-,29-,30-,31-/m0/s1. The topological polar surface area (TPSA) is 120 Å². The van der Waals surface area contributed by atoms with Crippen LogP contribution in [0.5, 0.6) is 11.5 Å². The lowest BCUT2D eigenvalue weighted by molar-refractivity contribution is -0.129. The first-order valence-corrected chi connectivity index (χ1v) is 16.1. The number of hydrogen-bond acceptors (Lipinski definition) is 7. The zero-order valence-electron chi connectivity index (χ0n) is 28.7. The summed E-state index contributed by atoms with van der Waals surface area (Å²) >= 11 is 0. The maximum absolute atomic E-state index is 13.2. The van der Waals surface area contributed by atoms with Gasteiger partial charge in [-0.05, 0) is 66.0 Å². The molecule has 4 atom stereocenters. The summed E-state index contributed by atoms with van der Waals surface area (Å²) in [4.78, 5) is 25.6. The Hall–Kier alpha value is -2.16. The summed E-state index contributed by atoms with van der Waals surface area (Å²) in [6.45, 7) is 18.0. The van der Waals surface area contributed by atoms with Crippen LogP contribution in [0.15, 0.2) is 18.2 Å². The highest BCUT2D eigenvalue weighted by molar-refractivity contribution is 5.80. The van der Waals surface area contributed by atoms with Gasteiger partial charge < -0.3 is 30.4 Å². The van der Waals surface area contributed by atoms with Crippen molar-refractivity contribution in [3.05, 3.63) is 23.8 Å². The Morgan fingerprint density at radius 2 is 1.65 bits per heavy atom. The Morgan fingerprint density at radius 1 is 0.977 bits per heavy atom. The fourth-order valence-electron chi connectivity index (χ4n) is 5.45. The molecule has 8 heteroatoms. The number of nitrogens with one attached hydrogen (secondary N) is 1. The number of aliphatic hydroxyl groups excluding tert-OH is 1. The first-order valence-electron chi connectivity index (χ1n) is 16.1. The largest absolute Gasteiger partial charge is 0.493 e. The highest BCUT2D eigenvalue weighted by Gasteiger charge is 2.31. The van der Waals surface area contributed by atoms with Gasteiger partial charge in [-0.25, -0.2) is 0 Å². The minimum Gasteiger partial charge on any atom is -0.493 e. The Morgan fingerprint density at radius 3 is 2.21 bits per heavy atom. The predicted octanol–water partition coefficient (Wildman–Crippen LogP) is 5.81. The van der Waals surface area contributed by atoms with E-state index >= 15 is 0 Å². The van der Waals surface area contributed by atoms with Crippen LogP contribution < -0.4 is 20.5 Å². The van der Waals surface area contributed by atoms with Gasteiger partial charge in [0.15, 0.2) is 11.5 Å². The van der Waals surface area contributed by atoms with Crippen LogP contribution in [-0.4, -0.2) is 62.9 Å². The molecule has 1 amide bonds. The van der Waals surface area contributed by atoms with Crippen LogP contribution >= 0.6 is 0 Å². The molecule has 0 aliphatic rings. The second-order valence-electron chi connectivity index (χ2n) is 14.1. The molecule has 0 radical (unpaired) electrons. The van der Waals surface area contributed by atoms with Crippen LogP contribution in [0.1, 0.15) is 93.1 Å². The van der Waals surface area contributed by atoms with Crippen LogP contribution in [0.25, 0.3) is 0 Å². The molecule has 1 aromatic rings. The van der Waals surface area contributed by atoms with Crippen LogP contribution in [0.3, 0.4) is 0 Å². The first kappa shape index (κ1) is 38.9. The van der Waals surface area contributed by atoms with Crippen LogP contribution in [-0.2, 0) is 20.7 Å². The molecule has 248 valence electrons. The predicted molar refractivity (Wildman–Crippen MR) is 174 cm³/mol. The fraction of sp³-hybridized carbons (Fsp3) is 0.771. The number of methoxy groups -OCH3 is 2. The Balaban J connectivity index is 2.83. The molecule has 0 aliphatic heterocycles. The normalized spacial score (nSPS) is 15.0. The van der Waals surface area contributed by atoms with Gasteiger partial charge in [0.25, 0.3) is 0 Å². The van der Waals surface area contributed by atoms with Crippen molar-refractivity contribution in [2.45, 2.75) is 106 Å². The van der Waals surface area contributed by atoms with Crippen molar-refractivity contribution in [2.24, 2.45) is 40.7 Å². The third-order valence-corrected chi connectivity index (χ3v) is 8.18. The second-order valence-corrected chi connectivity index (χ2v) is 14.1. The van der Waals surface area contributed by atoms with Crippen molar-refractivity contribution in [2.75, 3.05) is 34.0 Å². The van der Waals surface area contributed by atoms with Crippen LogP contribution in [0, 0.1) is 35.0 Å². The van der Waals surface area contributed by atoms with E-state index in [9.17, 15) is 14.7 Å². The number of carbonyl (C=O) groups is 2. The molecule has 43 heavy (non-hydrogen) atoms. The van der Waals surface area contributed by atoms with Gasteiger partial charge in [0, 0.05) is 51.5 Å². The number of ether oxygens (including phenoxy) is 3. The lowest BCUT2D eigenvalue weighted by Crippen LogP contribution is -2.44. The van der Waals surface area contributed by atoms with E-state index in [2.05, 4.69) is 25.2 Å². The Bertz CT molecular complexity index is 962. The number of ketones is 1.